The molecule has 4 aromatic heterocycles. The van der Waals surface area contributed by atoms with Gasteiger partial charge in [-0.2, -0.15) is 10.2 Å². The molecule has 0 spiro atoms. The first-order chi connectivity index (χ1) is 15.0. The largest absolute Gasteiger partial charge is 0.335 e. The average Bonchev–Trinajstić information content (AvgIpc) is 3.48. The Morgan fingerprint density at radius 3 is 2.61 bits per heavy atom. The van der Waals surface area contributed by atoms with E-state index in [0.717, 1.165) is 16.9 Å². The number of aromatic nitrogens is 6. The fraction of sp³-hybridized carbons (Fsp3) is 0.136. The molecule has 9 nitrogen and oxygen atoms in total. The molecule has 0 unspecified atom stereocenters. The predicted octanol–water partition coefficient (Wildman–Crippen LogP) is 3.68. The number of aryl methyl sites for hydroxylation is 3. The molecule has 0 aliphatic heterocycles. The van der Waals surface area contributed by atoms with E-state index < -0.39 is 0 Å². The van der Waals surface area contributed by atoms with Crippen molar-refractivity contribution in [2.45, 2.75) is 13.8 Å². The van der Waals surface area contributed by atoms with Gasteiger partial charge >= 0.3 is 0 Å². The summed E-state index contributed by atoms with van der Waals surface area (Å²) in [6, 6.07) is 11.1. The van der Waals surface area contributed by atoms with Crippen LogP contribution in [0.25, 0.3) is 28.0 Å². The van der Waals surface area contributed by atoms with E-state index in [9.17, 15) is 4.79 Å². The van der Waals surface area contributed by atoms with Crippen LogP contribution >= 0.6 is 0 Å². The number of rotatable bonds is 4. The van der Waals surface area contributed by atoms with Crippen molar-refractivity contribution in [3.63, 3.8) is 0 Å². The average molecular weight is 413 g/mol. The zero-order valence-electron chi connectivity index (χ0n) is 17.2. The van der Waals surface area contributed by atoms with Crippen LogP contribution in [-0.4, -0.2) is 35.6 Å². The number of carbonyl (C=O) groups is 1. The molecule has 0 atom stereocenters. The van der Waals surface area contributed by atoms with Gasteiger partial charge < -0.3 is 9.84 Å². The highest BCUT2D eigenvalue weighted by molar-refractivity contribution is 6.13. The lowest BCUT2D eigenvalue weighted by Gasteiger charge is -2.09. The summed E-state index contributed by atoms with van der Waals surface area (Å²) in [4.78, 5) is 17.7. The Hall–Kier alpha value is -4.27. The zero-order valence-corrected chi connectivity index (χ0v) is 17.2. The van der Waals surface area contributed by atoms with Crippen LogP contribution < -0.4 is 5.32 Å². The first-order valence-electron chi connectivity index (χ1n) is 9.68. The van der Waals surface area contributed by atoms with Gasteiger partial charge in [-0.15, -0.1) is 0 Å². The van der Waals surface area contributed by atoms with E-state index in [1.807, 2.05) is 56.7 Å². The number of anilines is 1. The predicted molar refractivity (Wildman–Crippen MR) is 115 cm³/mol. The van der Waals surface area contributed by atoms with E-state index >= 15 is 0 Å². The highest BCUT2D eigenvalue weighted by atomic mass is 16.5. The Kier molecular flexibility index (Phi) is 4.36. The van der Waals surface area contributed by atoms with Crippen LogP contribution in [0.15, 0.2) is 59.5 Å². The maximum absolute atomic E-state index is 13.2. The van der Waals surface area contributed by atoms with Crippen LogP contribution in [0.3, 0.4) is 0 Å². The van der Waals surface area contributed by atoms with Crippen molar-refractivity contribution >= 4 is 22.7 Å². The Balaban J connectivity index is 1.48. The number of hydrogen-bond donors (Lipinski definition) is 1. The van der Waals surface area contributed by atoms with Gasteiger partial charge in [0.2, 0.25) is 0 Å². The second-order valence-corrected chi connectivity index (χ2v) is 7.31. The third-order valence-electron chi connectivity index (χ3n) is 4.97. The molecule has 5 aromatic rings. The number of amides is 1. The minimum Gasteiger partial charge on any atom is -0.335 e. The van der Waals surface area contributed by atoms with Crippen molar-refractivity contribution in [3.8, 4) is 16.9 Å². The lowest BCUT2D eigenvalue weighted by Crippen LogP contribution is -2.13. The quantitative estimate of drug-likeness (QED) is 0.482. The smallest absolute Gasteiger partial charge is 0.259 e. The van der Waals surface area contributed by atoms with Gasteiger partial charge in [-0.1, -0.05) is 5.16 Å². The van der Waals surface area contributed by atoms with Crippen molar-refractivity contribution in [2.75, 3.05) is 5.32 Å². The molecular weight excluding hydrogens is 394 g/mol. The summed E-state index contributed by atoms with van der Waals surface area (Å²) in [6.07, 6.45) is 5.41. The molecule has 4 heterocycles. The Morgan fingerprint density at radius 1 is 1.13 bits per heavy atom. The Labute approximate surface area is 177 Å². The molecule has 0 radical (unpaired) electrons. The third-order valence-corrected chi connectivity index (χ3v) is 4.97. The van der Waals surface area contributed by atoms with Crippen molar-refractivity contribution < 1.29 is 9.32 Å². The van der Waals surface area contributed by atoms with Crippen LogP contribution in [0.2, 0.25) is 0 Å². The number of pyridine rings is 1. The lowest BCUT2D eigenvalue weighted by atomic mass is 10.1. The second-order valence-electron chi connectivity index (χ2n) is 7.31. The van der Waals surface area contributed by atoms with E-state index in [1.54, 1.807) is 28.6 Å². The number of fused-ring (bicyclic) bond motifs is 1. The molecule has 5 rings (SSSR count). The molecule has 0 aliphatic carbocycles. The van der Waals surface area contributed by atoms with Crippen molar-refractivity contribution in [3.05, 3.63) is 71.9 Å². The van der Waals surface area contributed by atoms with E-state index in [-0.39, 0.29) is 5.91 Å². The van der Waals surface area contributed by atoms with Crippen LogP contribution in [0, 0.1) is 13.8 Å². The van der Waals surface area contributed by atoms with Gasteiger partial charge in [0, 0.05) is 30.7 Å². The number of carbonyl (C=O) groups excluding carboxylic acids is 1. The number of nitrogens with one attached hydrogen (secondary N) is 1. The van der Waals surface area contributed by atoms with Crippen LogP contribution in [0.5, 0.6) is 0 Å². The van der Waals surface area contributed by atoms with Crippen molar-refractivity contribution in [2.24, 2.45) is 7.05 Å². The summed E-state index contributed by atoms with van der Waals surface area (Å²) in [5, 5.41) is 16.1. The normalized spacial score (nSPS) is 11.2. The molecule has 0 fully saturated rings. The zero-order chi connectivity index (χ0) is 21.5. The van der Waals surface area contributed by atoms with Gasteiger partial charge in [0.05, 0.1) is 39.9 Å². The topological polar surface area (TPSA) is 104 Å². The molecule has 0 saturated carbocycles. The van der Waals surface area contributed by atoms with Crippen LogP contribution in [0.4, 0.5) is 5.69 Å². The summed E-state index contributed by atoms with van der Waals surface area (Å²) in [6.45, 7) is 3.72. The SMILES string of the molecule is Cc1ccn(-c2ccc(NC(=O)c3cc(-c4cnn(C)c4)nc4onc(C)c34)cc2)n1. The fourth-order valence-corrected chi connectivity index (χ4v) is 3.43. The standard InChI is InChI=1S/C22H19N7O2/c1-13-8-9-29(26-13)17-6-4-16(5-7-17)24-21(30)18-10-19(15-11-23-28(3)12-15)25-22-20(18)14(2)27-31-22/h4-12H,1-3H3,(H,24,30). The second kappa shape index (κ2) is 7.21. The van der Waals surface area contributed by atoms with E-state index in [2.05, 4.69) is 25.7 Å². The minimum absolute atomic E-state index is 0.272. The van der Waals surface area contributed by atoms with Crippen molar-refractivity contribution in [1.82, 2.24) is 29.7 Å². The summed E-state index contributed by atoms with van der Waals surface area (Å²) in [5.74, 6) is -0.272. The van der Waals surface area contributed by atoms with Crippen LogP contribution in [-0.2, 0) is 7.05 Å². The van der Waals surface area contributed by atoms with E-state index in [0.29, 0.717) is 33.7 Å². The van der Waals surface area contributed by atoms with E-state index in [1.165, 1.54) is 0 Å². The molecule has 1 amide bonds. The number of nitrogens with zero attached hydrogens (tertiary/aromatic N) is 6. The molecule has 154 valence electrons. The molecular formula is C22H19N7O2. The molecule has 0 aliphatic rings. The molecule has 0 bridgehead atoms. The van der Waals surface area contributed by atoms with E-state index in [4.69, 9.17) is 4.52 Å². The molecule has 31 heavy (non-hydrogen) atoms. The third kappa shape index (κ3) is 3.46. The van der Waals surface area contributed by atoms with Gasteiger partial charge in [-0.25, -0.2) is 9.67 Å². The van der Waals surface area contributed by atoms with Gasteiger partial charge in [-0.05, 0) is 50.2 Å². The maximum Gasteiger partial charge on any atom is 0.259 e. The summed E-state index contributed by atoms with van der Waals surface area (Å²) in [5.41, 5.74) is 5.24. The Morgan fingerprint density at radius 2 is 1.94 bits per heavy atom. The summed E-state index contributed by atoms with van der Waals surface area (Å²) in [7, 11) is 1.82. The van der Waals surface area contributed by atoms with Crippen molar-refractivity contribution in [1.29, 1.82) is 0 Å². The van der Waals surface area contributed by atoms with Crippen LogP contribution in [0.1, 0.15) is 21.7 Å². The van der Waals surface area contributed by atoms with Gasteiger partial charge in [0.1, 0.15) is 0 Å². The monoisotopic (exact) mass is 413 g/mol. The van der Waals surface area contributed by atoms with Gasteiger partial charge in [0.15, 0.2) is 0 Å². The maximum atomic E-state index is 13.2. The highest BCUT2D eigenvalue weighted by Crippen LogP contribution is 2.27. The number of hydrogen-bond acceptors (Lipinski definition) is 6. The minimum atomic E-state index is -0.272. The highest BCUT2D eigenvalue weighted by Gasteiger charge is 2.20. The van der Waals surface area contributed by atoms with Gasteiger partial charge in [0.25, 0.3) is 11.6 Å². The molecule has 9 heteroatoms. The lowest BCUT2D eigenvalue weighted by molar-refractivity contribution is 0.102. The summed E-state index contributed by atoms with van der Waals surface area (Å²) < 4.78 is 8.81. The fourth-order valence-electron chi connectivity index (χ4n) is 3.43. The number of benzene rings is 1. The molecule has 0 saturated heterocycles. The van der Waals surface area contributed by atoms with Gasteiger partial charge in [-0.3, -0.25) is 9.48 Å². The first kappa shape index (κ1) is 18.7. The molecule has 1 aromatic carbocycles. The Bertz CT molecular complexity index is 1410. The first-order valence-corrected chi connectivity index (χ1v) is 9.68. The summed E-state index contributed by atoms with van der Waals surface area (Å²) >= 11 is 0. The molecule has 1 N–H and O–H groups in total.